The quantitative estimate of drug-likeness (QED) is 0.763. The number of amides is 1. The number of halogens is 1. The molecule has 0 fully saturated rings. The van der Waals surface area contributed by atoms with Crippen LogP contribution in [-0.2, 0) is 12.5 Å². The number of imidazole rings is 1. The van der Waals surface area contributed by atoms with E-state index < -0.39 is 0 Å². The summed E-state index contributed by atoms with van der Waals surface area (Å²) in [6.07, 6.45) is 1.68. The molecule has 120 valence electrons. The zero-order valence-electron chi connectivity index (χ0n) is 13.4. The Kier molecular flexibility index (Phi) is 3.43. The normalized spacial score (nSPS) is 11.9. The van der Waals surface area contributed by atoms with Crippen molar-refractivity contribution in [2.75, 3.05) is 5.32 Å². The first kappa shape index (κ1) is 15.2. The number of carbonyl (C=O) groups is 1. The van der Waals surface area contributed by atoms with Gasteiger partial charge in [0.25, 0.3) is 5.91 Å². The zero-order chi connectivity index (χ0) is 16.8. The highest BCUT2D eigenvalue weighted by molar-refractivity contribution is 6.04. The van der Waals surface area contributed by atoms with E-state index in [1.54, 1.807) is 24.0 Å². The third kappa shape index (κ3) is 2.94. The molecule has 23 heavy (non-hydrogen) atoms. The Morgan fingerprint density at radius 3 is 2.78 bits per heavy atom. The Morgan fingerprint density at radius 2 is 2.09 bits per heavy atom. The third-order valence-corrected chi connectivity index (χ3v) is 3.46. The number of nitrogens with one attached hydrogen (secondary N) is 2. The Labute approximate surface area is 132 Å². The fraction of sp³-hybridized carbons (Fsp3) is 0.312. The van der Waals surface area contributed by atoms with Crippen molar-refractivity contribution in [3.05, 3.63) is 41.5 Å². The molecule has 1 aromatic carbocycles. The van der Waals surface area contributed by atoms with Gasteiger partial charge in [-0.1, -0.05) is 20.8 Å². The molecule has 0 bridgehead atoms. The van der Waals surface area contributed by atoms with Gasteiger partial charge in [0.05, 0.1) is 22.3 Å². The summed E-state index contributed by atoms with van der Waals surface area (Å²) in [5.41, 5.74) is 2.06. The molecule has 0 spiro atoms. The van der Waals surface area contributed by atoms with Crippen LogP contribution < -0.4 is 5.32 Å². The molecule has 2 aromatic heterocycles. The number of nitrogens with zero attached hydrogens (tertiary/aromatic N) is 3. The van der Waals surface area contributed by atoms with Crippen LogP contribution in [-0.4, -0.2) is 25.7 Å². The first-order chi connectivity index (χ1) is 10.7. The maximum atomic E-state index is 13.2. The highest BCUT2D eigenvalue weighted by Gasteiger charge is 2.26. The van der Waals surface area contributed by atoms with Gasteiger partial charge in [0.15, 0.2) is 0 Å². The molecule has 0 aliphatic carbocycles. The Balaban J connectivity index is 1.92. The average Bonchev–Trinajstić information content (AvgIpc) is 3.00. The van der Waals surface area contributed by atoms with Gasteiger partial charge in [-0.05, 0) is 18.2 Å². The van der Waals surface area contributed by atoms with Gasteiger partial charge in [0.2, 0.25) is 5.95 Å². The second-order valence-electron chi connectivity index (χ2n) is 6.52. The molecule has 3 rings (SSSR count). The first-order valence-electron chi connectivity index (χ1n) is 7.25. The molecule has 1 amide bonds. The molecule has 0 radical (unpaired) electrons. The molecular weight excluding hydrogens is 297 g/mol. The number of benzene rings is 1. The molecule has 0 saturated carbocycles. The molecule has 3 aromatic rings. The van der Waals surface area contributed by atoms with Crippen molar-refractivity contribution in [3.8, 4) is 0 Å². The average molecular weight is 315 g/mol. The van der Waals surface area contributed by atoms with Gasteiger partial charge < -0.3 is 4.98 Å². The van der Waals surface area contributed by atoms with E-state index in [0.29, 0.717) is 22.3 Å². The van der Waals surface area contributed by atoms with Crippen LogP contribution in [0.5, 0.6) is 0 Å². The van der Waals surface area contributed by atoms with E-state index in [9.17, 15) is 9.18 Å². The van der Waals surface area contributed by atoms with Crippen molar-refractivity contribution in [2.45, 2.75) is 26.2 Å². The molecule has 0 aliphatic rings. The standard InChI is InChI=1S/C16H18FN5O/c1-16(2,3)13-10(8-22(4)21-13)14(23)20-15-18-11-6-5-9(17)7-12(11)19-15/h5-8H,1-4H3,(H2,18,19,20,23). The summed E-state index contributed by atoms with van der Waals surface area (Å²) in [5.74, 6) is -0.386. The van der Waals surface area contributed by atoms with E-state index in [1.807, 2.05) is 20.8 Å². The van der Waals surface area contributed by atoms with Gasteiger partial charge in [-0.3, -0.25) is 14.8 Å². The van der Waals surface area contributed by atoms with E-state index in [-0.39, 0.29) is 23.1 Å². The van der Waals surface area contributed by atoms with Crippen molar-refractivity contribution in [2.24, 2.45) is 7.05 Å². The van der Waals surface area contributed by atoms with Crippen LogP contribution in [0.1, 0.15) is 36.8 Å². The molecule has 0 unspecified atom stereocenters. The van der Waals surface area contributed by atoms with Gasteiger partial charge in [0, 0.05) is 18.7 Å². The van der Waals surface area contributed by atoms with Gasteiger partial charge in [-0.2, -0.15) is 5.10 Å². The smallest absolute Gasteiger partial charge is 0.261 e. The molecular formula is C16H18FN5O. The van der Waals surface area contributed by atoms with Crippen molar-refractivity contribution in [1.29, 1.82) is 0 Å². The van der Waals surface area contributed by atoms with E-state index in [4.69, 9.17) is 0 Å². The lowest BCUT2D eigenvalue weighted by Gasteiger charge is -2.16. The number of aromatic amines is 1. The Hall–Kier alpha value is -2.70. The van der Waals surface area contributed by atoms with Crippen LogP contribution >= 0.6 is 0 Å². The lowest BCUT2D eigenvalue weighted by atomic mass is 9.89. The van der Waals surface area contributed by atoms with Gasteiger partial charge in [-0.25, -0.2) is 9.37 Å². The summed E-state index contributed by atoms with van der Waals surface area (Å²) in [7, 11) is 1.77. The van der Waals surface area contributed by atoms with E-state index in [1.165, 1.54) is 12.1 Å². The van der Waals surface area contributed by atoms with E-state index >= 15 is 0 Å². The number of fused-ring (bicyclic) bond motifs is 1. The number of hydrogen-bond donors (Lipinski definition) is 2. The van der Waals surface area contributed by atoms with E-state index in [2.05, 4.69) is 20.4 Å². The van der Waals surface area contributed by atoms with Gasteiger partial charge >= 0.3 is 0 Å². The second-order valence-corrected chi connectivity index (χ2v) is 6.52. The minimum absolute atomic E-state index is 0.259. The largest absolute Gasteiger partial charge is 0.324 e. The van der Waals surface area contributed by atoms with Crippen LogP contribution in [0.2, 0.25) is 0 Å². The molecule has 2 heterocycles. The van der Waals surface area contributed by atoms with Crippen LogP contribution in [0.25, 0.3) is 11.0 Å². The number of hydrogen-bond acceptors (Lipinski definition) is 3. The van der Waals surface area contributed by atoms with Crippen LogP contribution in [0, 0.1) is 5.82 Å². The SMILES string of the molecule is Cn1cc(C(=O)Nc2nc3ccc(F)cc3[nH]2)c(C(C)(C)C)n1. The minimum Gasteiger partial charge on any atom is -0.324 e. The minimum atomic E-state index is -0.360. The van der Waals surface area contributed by atoms with Crippen LogP contribution in [0.15, 0.2) is 24.4 Å². The maximum absolute atomic E-state index is 13.2. The summed E-state index contributed by atoms with van der Waals surface area (Å²) < 4.78 is 14.8. The highest BCUT2D eigenvalue weighted by Crippen LogP contribution is 2.25. The Morgan fingerprint density at radius 1 is 1.35 bits per heavy atom. The summed E-state index contributed by atoms with van der Waals surface area (Å²) in [4.78, 5) is 19.7. The second kappa shape index (κ2) is 5.19. The fourth-order valence-electron chi connectivity index (χ4n) is 2.42. The summed E-state index contributed by atoms with van der Waals surface area (Å²) in [6, 6.07) is 4.22. The number of carbonyl (C=O) groups excluding carboxylic acids is 1. The van der Waals surface area contributed by atoms with Crippen molar-refractivity contribution in [1.82, 2.24) is 19.7 Å². The number of aryl methyl sites for hydroxylation is 1. The van der Waals surface area contributed by atoms with E-state index in [0.717, 1.165) is 0 Å². The Bertz CT molecular complexity index is 888. The summed E-state index contributed by atoms with van der Waals surface area (Å²) in [5, 5.41) is 7.09. The third-order valence-electron chi connectivity index (χ3n) is 3.46. The summed E-state index contributed by atoms with van der Waals surface area (Å²) in [6.45, 7) is 5.99. The molecule has 0 saturated heterocycles. The summed E-state index contributed by atoms with van der Waals surface area (Å²) >= 11 is 0. The van der Waals surface area contributed by atoms with Crippen molar-refractivity contribution < 1.29 is 9.18 Å². The van der Waals surface area contributed by atoms with Crippen LogP contribution in [0.3, 0.4) is 0 Å². The number of aromatic nitrogens is 4. The zero-order valence-corrected chi connectivity index (χ0v) is 13.4. The number of anilines is 1. The fourth-order valence-corrected chi connectivity index (χ4v) is 2.42. The monoisotopic (exact) mass is 315 g/mol. The predicted octanol–water partition coefficient (Wildman–Crippen LogP) is 2.99. The molecule has 2 N–H and O–H groups in total. The number of rotatable bonds is 2. The van der Waals surface area contributed by atoms with Crippen LogP contribution in [0.4, 0.5) is 10.3 Å². The lowest BCUT2D eigenvalue weighted by Crippen LogP contribution is -2.20. The van der Waals surface area contributed by atoms with Crippen molar-refractivity contribution in [3.63, 3.8) is 0 Å². The van der Waals surface area contributed by atoms with Gasteiger partial charge in [0.1, 0.15) is 5.82 Å². The highest BCUT2D eigenvalue weighted by atomic mass is 19.1. The molecule has 6 nitrogen and oxygen atoms in total. The predicted molar refractivity (Wildman–Crippen MR) is 85.9 cm³/mol. The molecule has 0 aliphatic heterocycles. The maximum Gasteiger partial charge on any atom is 0.261 e. The topological polar surface area (TPSA) is 75.6 Å². The first-order valence-corrected chi connectivity index (χ1v) is 7.25. The molecule has 0 atom stereocenters. The van der Waals surface area contributed by atoms with Crippen molar-refractivity contribution >= 4 is 22.9 Å². The molecule has 7 heteroatoms. The number of H-pyrrole nitrogens is 1. The lowest BCUT2D eigenvalue weighted by molar-refractivity contribution is 0.102. The van der Waals surface area contributed by atoms with Gasteiger partial charge in [-0.15, -0.1) is 0 Å².